The highest BCUT2D eigenvalue weighted by atomic mass is 79.9. The summed E-state index contributed by atoms with van der Waals surface area (Å²) in [5.41, 5.74) is 1.97. The van der Waals surface area contributed by atoms with Crippen LogP contribution in [0.3, 0.4) is 0 Å². The highest BCUT2D eigenvalue weighted by molar-refractivity contribution is 9.10. The quantitative estimate of drug-likeness (QED) is 0.191. The Kier molecular flexibility index (Phi) is 5.48. The molecule has 5 nitrogen and oxygen atoms in total. The van der Waals surface area contributed by atoms with Gasteiger partial charge in [0.15, 0.2) is 17.3 Å². The third-order valence-electron chi connectivity index (χ3n) is 8.20. The fraction of sp³-hybridized carbons (Fsp3) is 0.125. The maximum Gasteiger partial charge on any atom is 0.187 e. The van der Waals surface area contributed by atoms with Gasteiger partial charge in [0.2, 0.25) is 0 Å². The molecule has 0 amide bonds. The molecule has 0 saturated carbocycles. The summed E-state index contributed by atoms with van der Waals surface area (Å²) in [4.78, 5) is 43.7. The Bertz CT molecular complexity index is 1680. The first-order valence-electron chi connectivity index (χ1n) is 12.6. The van der Waals surface area contributed by atoms with Crippen LogP contribution < -0.4 is 0 Å². The van der Waals surface area contributed by atoms with Crippen molar-refractivity contribution in [2.45, 2.75) is 18.0 Å². The molecule has 1 aliphatic carbocycles. The molecule has 39 heavy (non-hydrogen) atoms. The molecular formula is C32H20BrClN2O3. The number of hydrogen-bond acceptors (Lipinski definition) is 5. The maximum absolute atomic E-state index is 14.7. The van der Waals surface area contributed by atoms with Crippen molar-refractivity contribution in [3.63, 3.8) is 0 Å². The van der Waals surface area contributed by atoms with E-state index in [-0.39, 0.29) is 17.3 Å². The Hall–Kier alpha value is -3.87. The molecule has 190 valence electrons. The number of halogens is 2. The lowest BCUT2D eigenvalue weighted by Crippen LogP contribution is -2.43. The molecule has 1 fully saturated rings. The number of ketones is 3. The van der Waals surface area contributed by atoms with Gasteiger partial charge in [-0.2, -0.15) is 5.10 Å². The smallest absolute Gasteiger partial charge is 0.187 e. The van der Waals surface area contributed by atoms with Gasteiger partial charge in [-0.3, -0.25) is 19.4 Å². The van der Waals surface area contributed by atoms with E-state index in [1.165, 1.54) is 0 Å². The molecule has 1 spiro atoms. The summed E-state index contributed by atoms with van der Waals surface area (Å²) in [7, 11) is 0. The van der Waals surface area contributed by atoms with E-state index in [2.05, 4.69) is 15.9 Å². The lowest BCUT2D eigenvalue weighted by atomic mass is 9.63. The average Bonchev–Trinajstić information content (AvgIpc) is 3.40. The average molecular weight is 596 g/mol. The van der Waals surface area contributed by atoms with Gasteiger partial charge in [-0.15, -0.1) is 0 Å². The molecule has 0 aromatic heterocycles. The highest BCUT2D eigenvalue weighted by Gasteiger charge is 2.72. The minimum Gasteiger partial charge on any atom is -0.293 e. The monoisotopic (exact) mass is 594 g/mol. The fourth-order valence-electron chi connectivity index (χ4n) is 6.60. The highest BCUT2D eigenvalue weighted by Crippen LogP contribution is 2.64. The van der Waals surface area contributed by atoms with E-state index in [4.69, 9.17) is 16.7 Å². The first-order valence-corrected chi connectivity index (χ1v) is 13.7. The Morgan fingerprint density at radius 3 is 2.10 bits per heavy atom. The van der Waals surface area contributed by atoms with Gasteiger partial charge in [0.05, 0.1) is 12.3 Å². The molecule has 3 aliphatic rings. The van der Waals surface area contributed by atoms with E-state index in [0.717, 1.165) is 21.2 Å². The van der Waals surface area contributed by atoms with Crippen LogP contribution in [-0.2, 0) is 0 Å². The van der Waals surface area contributed by atoms with Crippen LogP contribution in [0.15, 0.2) is 107 Å². The summed E-state index contributed by atoms with van der Waals surface area (Å²) in [5, 5.41) is 6.98. The van der Waals surface area contributed by atoms with Gasteiger partial charge in [-0.1, -0.05) is 88.2 Å². The van der Waals surface area contributed by atoms with Crippen LogP contribution in [0.25, 0.3) is 0 Å². The van der Waals surface area contributed by atoms with Crippen molar-refractivity contribution in [1.82, 2.24) is 5.01 Å². The van der Waals surface area contributed by atoms with Crippen molar-refractivity contribution >= 4 is 51.1 Å². The Labute approximate surface area is 238 Å². The molecule has 7 rings (SSSR count). The third-order valence-corrected chi connectivity index (χ3v) is 8.98. The van der Waals surface area contributed by atoms with E-state index in [0.29, 0.717) is 21.7 Å². The first-order chi connectivity index (χ1) is 18.9. The molecule has 0 N–H and O–H groups in total. The Balaban J connectivity index is 1.55. The lowest BCUT2D eigenvalue weighted by molar-refractivity contribution is 0.0586. The number of benzene rings is 4. The zero-order valence-electron chi connectivity index (χ0n) is 20.4. The first kappa shape index (κ1) is 24.2. The SMILES string of the molecule is O=C(c1ccc(Cl)cc1)[C@@H]1[C@@H](c2ccc(Br)cc2)C2(C(=O)c3ccccc3C2=O)[C@@H]2c3ccccc3C=NN12. The predicted molar refractivity (Wildman–Crippen MR) is 153 cm³/mol. The molecule has 2 aliphatic heterocycles. The van der Waals surface area contributed by atoms with Crippen molar-refractivity contribution in [2.24, 2.45) is 10.5 Å². The normalized spacial score (nSPS) is 22.1. The van der Waals surface area contributed by atoms with Crippen molar-refractivity contribution in [3.05, 3.63) is 140 Å². The number of hydrogen-bond donors (Lipinski definition) is 0. The largest absolute Gasteiger partial charge is 0.293 e. The van der Waals surface area contributed by atoms with Crippen LogP contribution in [0.5, 0.6) is 0 Å². The number of hydrazone groups is 1. The van der Waals surface area contributed by atoms with Crippen LogP contribution in [0, 0.1) is 5.41 Å². The van der Waals surface area contributed by atoms with Gasteiger partial charge in [0, 0.05) is 32.1 Å². The van der Waals surface area contributed by atoms with Crippen LogP contribution in [-0.4, -0.2) is 34.6 Å². The van der Waals surface area contributed by atoms with Crippen LogP contribution in [0.2, 0.25) is 5.02 Å². The fourth-order valence-corrected chi connectivity index (χ4v) is 6.99. The second-order valence-corrected chi connectivity index (χ2v) is 11.4. The van der Waals surface area contributed by atoms with E-state index >= 15 is 0 Å². The van der Waals surface area contributed by atoms with Gasteiger partial charge in [-0.05, 0) is 53.1 Å². The predicted octanol–water partition coefficient (Wildman–Crippen LogP) is 6.91. The molecular weight excluding hydrogens is 576 g/mol. The van der Waals surface area contributed by atoms with Gasteiger partial charge in [0.25, 0.3) is 0 Å². The van der Waals surface area contributed by atoms with Crippen molar-refractivity contribution in [1.29, 1.82) is 0 Å². The Morgan fingerprint density at radius 1 is 0.821 bits per heavy atom. The molecule has 2 heterocycles. The molecule has 0 radical (unpaired) electrons. The molecule has 0 unspecified atom stereocenters. The van der Waals surface area contributed by atoms with Crippen molar-refractivity contribution in [3.8, 4) is 0 Å². The van der Waals surface area contributed by atoms with Gasteiger partial charge in [-0.25, -0.2) is 0 Å². The second-order valence-electron chi connectivity index (χ2n) is 10.1. The minimum absolute atomic E-state index is 0.227. The number of rotatable bonds is 3. The molecule has 0 bridgehead atoms. The summed E-state index contributed by atoms with van der Waals surface area (Å²) in [6.07, 6.45) is 1.71. The lowest BCUT2D eigenvalue weighted by Gasteiger charge is -2.36. The Morgan fingerprint density at radius 2 is 1.44 bits per heavy atom. The minimum atomic E-state index is -1.59. The van der Waals surface area contributed by atoms with E-state index < -0.39 is 23.4 Å². The summed E-state index contributed by atoms with van der Waals surface area (Å²) in [6.45, 7) is 0. The molecule has 7 heteroatoms. The van der Waals surface area contributed by atoms with Crippen LogP contribution in [0.1, 0.15) is 59.7 Å². The number of fused-ring (bicyclic) bond motifs is 5. The second kappa shape index (κ2) is 8.83. The van der Waals surface area contributed by atoms with Gasteiger partial charge >= 0.3 is 0 Å². The van der Waals surface area contributed by atoms with Crippen LogP contribution in [0.4, 0.5) is 0 Å². The van der Waals surface area contributed by atoms with Gasteiger partial charge in [0.1, 0.15) is 11.5 Å². The number of carbonyl (C=O) groups excluding carboxylic acids is 3. The van der Waals surface area contributed by atoms with Crippen molar-refractivity contribution in [2.75, 3.05) is 0 Å². The van der Waals surface area contributed by atoms with E-state index in [9.17, 15) is 14.4 Å². The van der Waals surface area contributed by atoms with Gasteiger partial charge < -0.3 is 0 Å². The number of Topliss-reactive ketones (excluding diaryl/α,β-unsaturated/α-hetero) is 3. The maximum atomic E-state index is 14.7. The van der Waals surface area contributed by atoms with Crippen molar-refractivity contribution < 1.29 is 14.4 Å². The molecule has 1 saturated heterocycles. The zero-order valence-corrected chi connectivity index (χ0v) is 22.8. The summed E-state index contributed by atoms with van der Waals surface area (Å²) >= 11 is 9.63. The topological polar surface area (TPSA) is 66.8 Å². The van der Waals surface area contributed by atoms with E-state index in [1.54, 1.807) is 59.8 Å². The summed E-state index contributed by atoms with van der Waals surface area (Å²) < 4.78 is 0.854. The number of nitrogens with zero attached hydrogens (tertiary/aromatic N) is 2. The van der Waals surface area contributed by atoms with E-state index in [1.807, 2.05) is 48.5 Å². The standard InChI is InChI=1S/C32H20BrClN2O3/c33-21-13-9-18(10-14-21)26-27(28(37)19-11-15-22(34)16-12-19)36-29(23-6-2-1-5-20(23)17-35-36)32(26)30(38)24-7-3-4-8-25(24)31(32)39/h1-17,26-27,29H/t26-,27+,29+/m1/s1. The zero-order chi connectivity index (χ0) is 26.9. The molecule has 3 atom stereocenters. The summed E-state index contributed by atoms with van der Waals surface area (Å²) in [5.74, 6) is -1.57. The molecule has 4 aromatic carbocycles. The third kappa shape index (κ3) is 3.31. The van der Waals surface area contributed by atoms with Crippen LogP contribution >= 0.6 is 27.5 Å². The number of carbonyl (C=O) groups is 3. The summed E-state index contributed by atoms with van der Waals surface area (Å²) in [6, 6.07) is 27.1. The molecule has 4 aromatic rings.